The summed E-state index contributed by atoms with van der Waals surface area (Å²) in [6.07, 6.45) is 3.55. The van der Waals surface area contributed by atoms with E-state index in [2.05, 4.69) is 34.7 Å². The van der Waals surface area contributed by atoms with Gasteiger partial charge in [-0.15, -0.1) is 11.3 Å². The molecule has 2 heterocycles. The molecule has 3 rings (SSSR count). The number of ether oxygens (including phenoxy) is 1. The number of amides is 1. The number of nitrogens with one attached hydrogen (secondary N) is 1. The van der Waals surface area contributed by atoms with Crippen LogP contribution < -0.4 is 10.1 Å². The highest BCUT2D eigenvalue weighted by Gasteiger charge is 2.25. The number of thiophene rings is 1. The van der Waals surface area contributed by atoms with Crippen molar-refractivity contribution in [2.24, 2.45) is 5.92 Å². The summed E-state index contributed by atoms with van der Waals surface area (Å²) < 4.78 is 5.68. The number of Topliss-reactive ketones (excluding diaryl/α,β-unsaturated/α-hetero) is 1. The van der Waals surface area contributed by atoms with Gasteiger partial charge in [0.25, 0.3) is 0 Å². The largest absolute Gasteiger partial charge is 0.494 e. The molecule has 30 heavy (non-hydrogen) atoms. The molecule has 0 saturated carbocycles. The van der Waals surface area contributed by atoms with Crippen LogP contribution in [0.25, 0.3) is 0 Å². The van der Waals surface area contributed by atoms with Crippen molar-refractivity contribution in [2.75, 3.05) is 26.2 Å². The lowest BCUT2D eigenvalue weighted by atomic mass is 9.97. The molecule has 1 N–H and O–H groups in total. The van der Waals surface area contributed by atoms with E-state index in [-0.39, 0.29) is 17.7 Å². The highest BCUT2D eigenvalue weighted by molar-refractivity contribution is 7.10. The fourth-order valence-corrected chi connectivity index (χ4v) is 4.60. The summed E-state index contributed by atoms with van der Waals surface area (Å²) in [6, 6.07) is 11.6. The third kappa shape index (κ3) is 6.67. The molecule has 0 spiro atoms. The molecule has 0 bridgehead atoms. The topological polar surface area (TPSA) is 58.6 Å². The average Bonchev–Trinajstić information content (AvgIpc) is 3.27. The highest BCUT2D eigenvalue weighted by Crippen LogP contribution is 2.29. The molecule has 1 amide bonds. The number of ketones is 1. The minimum Gasteiger partial charge on any atom is -0.494 e. The van der Waals surface area contributed by atoms with Crippen LogP contribution in [0.4, 0.5) is 0 Å². The van der Waals surface area contributed by atoms with Gasteiger partial charge >= 0.3 is 0 Å². The van der Waals surface area contributed by atoms with Gasteiger partial charge < -0.3 is 10.1 Å². The number of benzene rings is 1. The SMILES string of the molecule is CC(=O)c1ccc(OCCCC(=O)NCC(c2cccs2)N2CCC(C)CC2)cc1. The van der Waals surface area contributed by atoms with Crippen LogP contribution in [0.3, 0.4) is 0 Å². The first-order valence-corrected chi connectivity index (χ1v) is 11.7. The molecule has 0 radical (unpaired) electrons. The van der Waals surface area contributed by atoms with Crippen molar-refractivity contribution in [3.05, 3.63) is 52.2 Å². The molecule has 1 aliphatic rings. The number of piperidine rings is 1. The zero-order chi connectivity index (χ0) is 21.3. The second-order valence-electron chi connectivity index (χ2n) is 8.09. The molecule has 1 atom stereocenters. The maximum Gasteiger partial charge on any atom is 0.220 e. The molecule has 162 valence electrons. The normalized spacial score (nSPS) is 16.2. The van der Waals surface area contributed by atoms with E-state index in [0.717, 1.165) is 24.8 Å². The minimum absolute atomic E-state index is 0.0399. The summed E-state index contributed by atoms with van der Waals surface area (Å²) in [5, 5.41) is 5.24. The van der Waals surface area contributed by atoms with Gasteiger partial charge in [-0.2, -0.15) is 0 Å². The van der Waals surface area contributed by atoms with E-state index >= 15 is 0 Å². The Morgan fingerprint density at radius 1 is 1.20 bits per heavy atom. The van der Waals surface area contributed by atoms with E-state index in [1.807, 2.05) is 0 Å². The van der Waals surface area contributed by atoms with Crippen molar-refractivity contribution >= 4 is 23.0 Å². The van der Waals surface area contributed by atoms with Gasteiger partial charge in [0, 0.05) is 23.4 Å². The van der Waals surface area contributed by atoms with Crippen LogP contribution in [0.15, 0.2) is 41.8 Å². The average molecular weight is 429 g/mol. The molecule has 1 unspecified atom stereocenters. The third-order valence-electron chi connectivity index (χ3n) is 5.70. The third-order valence-corrected chi connectivity index (χ3v) is 6.67. The van der Waals surface area contributed by atoms with Crippen LogP contribution in [0.5, 0.6) is 5.75 Å². The van der Waals surface area contributed by atoms with E-state index in [1.54, 1.807) is 42.5 Å². The number of carbonyl (C=O) groups is 2. The van der Waals surface area contributed by atoms with Crippen LogP contribution in [0, 0.1) is 5.92 Å². The van der Waals surface area contributed by atoms with Crippen molar-refractivity contribution in [3.63, 3.8) is 0 Å². The molecule has 0 aliphatic carbocycles. The Morgan fingerprint density at radius 2 is 1.93 bits per heavy atom. The maximum absolute atomic E-state index is 12.4. The smallest absolute Gasteiger partial charge is 0.220 e. The molecule has 2 aromatic rings. The Morgan fingerprint density at radius 3 is 2.57 bits per heavy atom. The molecular weight excluding hydrogens is 396 g/mol. The standard InChI is InChI=1S/C24H32N2O3S/c1-18-11-13-26(14-12-18)22(23-5-4-16-30-23)17-25-24(28)6-3-15-29-21-9-7-20(8-10-21)19(2)27/h4-5,7-10,16,18,22H,3,6,11-15,17H2,1-2H3,(H,25,28). The predicted molar refractivity (Wildman–Crippen MR) is 121 cm³/mol. The van der Waals surface area contributed by atoms with Crippen LogP contribution in [0.1, 0.15) is 60.8 Å². The monoisotopic (exact) mass is 428 g/mol. The lowest BCUT2D eigenvalue weighted by molar-refractivity contribution is -0.121. The van der Waals surface area contributed by atoms with Crippen molar-refractivity contribution in [2.45, 2.75) is 45.6 Å². The molecule has 1 fully saturated rings. The molecule has 1 saturated heterocycles. The summed E-state index contributed by atoms with van der Waals surface area (Å²) in [6.45, 7) is 7.18. The summed E-state index contributed by atoms with van der Waals surface area (Å²) >= 11 is 1.76. The molecule has 1 aromatic heterocycles. The number of hydrogen-bond donors (Lipinski definition) is 1. The molecule has 1 aromatic carbocycles. The van der Waals surface area contributed by atoms with Gasteiger partial charge in [0.15, 0.2) is 5.78 Å². The summed E-state index contributed by atoms with van der Waals surface area (Å²) in [4.78, 5) is 27.5. The lowest BCUT2D eigenvalue weighted by Crippen LogP contribution is -2.41. The molecular formula is C24H32N2O3S. The van der Waals surface area contributed by atoms with Gasteiger partial charge in [-0.1, -0.05) is 13.0 Å². The molecule has 6 heteroatoms. The number of likely N-dealkylation sites (tertiary alicyclic amines) is 1. The molecule has 5 nitrogen and oxygen atoms in total. The molecule has 1 aliphatic heterocycles. The van der Waals surface area contributed by atoms with Gasteiger partial charge in [0.1, 0.15) is 5.75 Å². The van der Waals surface area contributed by atoms with Crippen molar-refractivity contribution in [1.82, 2.24) is 10.2 Å². The van der Waals surface area contributed by atoms with E-state index < -0.39 is 0 Å². The quantitative estimate of drug-likeness (QED) is 0.440. The maximum atomic E-state index is 12.4. The van der Waals surface area contributed by atoms with E-state index in [9.17, 15) is 9.59 Å². The van der Waals surface area contributed by atoms with Gasteiger partial charge in [0.2, 0.25) is 5.91 Å². The minimum atomic E-state index is 0.0399. The van der Waals surface area contributed by atoms with Crippen molar-refractivity contribution < 1.29 is 14.3 Å². The summed E-state index contributed by atoms with van der Waals surface area (Å²) in [7, 11) is 0. The first-order chi connectivity index (χ1) is 14.5. The fraction of sp³-hybridized carbons (Fsp3) is 0.500. The zero-order valence-electron chi connectivity index (χ0n) is 17.9. The first kappa shape index (κ1) is 22.5. The predicted octanol–water partition coefficient (Wildman–Crippen LogP) is 4.70. The number of rotatable bonds is 10. The fourth-order valence-electron chi connectivity index (χ4n) is 3.74. The van der Waals surface area contributed by atoms with Gasteiger partial charge in [-0.3, -0.25) is 14.5 Å². The second kappa shape index (κ2) is 11.3. The Balaban J connectivity index is 1.40. The first-order valence-electron chi connectivity index (χ1n) is 10.8. The Labute approximate surface area is 183 Å². The van der Waals surface area contributed by atoms with Gasteiger partial charge in [-0.05, 0) is 80.9 Å². The van der Waals surface area contributed by atoms with Crippen molar-refractivity contribution in [1.29, 1.82) is 0 Å². The van der Waals surface area contributed by atoms with E-state index in [0.29, 0.717) is 31.6 Å². The Bertz CT molecular complexity index is 796. The summed E-state index contributed by atoms with van der Waals surface area (Å²) in [5.74, 6) is 1.62. The van der Waals surface area contributed by atoms with Crippen LogP contribution >= 0.6 is 11.3 Å². The number of carbonyl (C=O) groups excluding carboxylic acids is 2. The van der Waals surface area contributed by atoms with Crippen molar-refractivity contribution in [3.8, 4) is 5.75 Å². The Kier molecular flexibility index (Phi) is 8.46. The van der Waals surface area contributed by atoms with Crippen LogP contribution in [0.2, 0.25) is 0 Å². The number of nitrogens with zero attached hydrogens (tertiary/aromatic N) is 1. The van der Waals surface area contributed by atoms with Gasteiger partial charge in [-0.25, -0.2) is 0 Å². The van der Waals surface area contributed by atoms with E-state index in [1.165, 1.54) is 17.7 Å². The van der Waals surface area contributed by atoms with E-state index in [4.69, 9.17) is 4.74 Å². The number of hydrogen-bond acceptors (Lipinski definition) is 5. The highest BCUT2D eigenvalue weighted by atomic mass is 32.1. The summed E-state index contributed by atoms with van der Waals surface area (Å²) in [5.41, 5.74) is 0.671. The van der Waals surface area contributed by atoms with Crippen LogP contribution in [-0.4, -0.2) is 42.8 Å². The zero-order valence-corrected chi connectivity index (χ0v) is 18.7. The second-order valence-corrected chi connectivity index (χ2v) is 9.07. The van der Waals surface area contributed by atoms with Gasteiger partial charge in [0.05, 0.1) is 12.6 Å². The Hall–Kier alpha value is -2.18. The lowest BCUT2D eigenvalue weighted by Gasteiger charge is -2.36. The van der Waals surface area contributed by atoms with Crippen LogP contribution in [-0.2, 0) is 4.79 Å².